The Morgan fingerprint density at radius 3 is 2.39 bits per heavy atom. The summed E-state index contributed by atoms with van der Waals surface area (Å²) < 4.78 is -1.55. The van der Waals surface area contributed by atoms with E-state index in [4.69, 9.17) is 34.8 Å². The number of halogens is 3. The van der Waals surface area contributed by atoms with Crippen LogP contribution in [0.5, 0.6) is 0 Å². The van der Waals surface area contributed by atoms with E-state index >= 15 is 0 Å². The van der Waals surface area contributed by atoms with Gasteiger partial charge in [0.15, 0.2) is 0 Å². The number of rotatable bonds is 4. The van der Waals surface area contributed by atoms with Crippen molar-refractivity contribution in [3.63, 3.8) is 0 Å². The van der Waals surface area contributed by atoms with Crippen LogP contribution in [-0.4, -0.2) is 22.4 Å². The summed E-state index contributed by atoms with van der Waals surface area (Å²) in [5.41, 5.74) is 0.272. The Morgan fingerprint density at radius 1 is 1.33 bits per heavy atom. The lowest BCUT2D eigenvalue weighted by atomic mass is 9.70. The van der Waals surface area contributed by atoms with Crippen molar-refractivity contribution in [2.24, 2.45) is 11.3 Å². The molecule has 6 heteroatoms. The van der Waals surface area contributed by atoms with E-state index in [-0.39, 0.29) is 11.5 Å². The molecule has 0 aromatic heterocycles. The molecule has 2 N–H and O–H groups in total. The number of carbonyl (C=O) groups is 1. The van der Waals surface area contributed by atoms with Gasteiger partial charge in [0, 0.05) is 6.04 Å². The van der Waals surface area contributed by atoms with Gasteiger partial charge in [0.2, 0.25) is 10.2 Å². The Hall–Kier alpha value is 0.300. The minimum absolute atomic E-state index is 0.247. The van der Waals surface area contributed by atoms with Crippen LogP contribution in [0.4, 0.5) is 0 Å². The molecule has 106 valence electrons. The standard InChI is InChI=1S/C12H21Cl3N2O/c1-8-4-9(6-11(2,3)5-8)17-10(16-7-18)12(13,14)15/h7-10,17H,4-6H2,1-3H3,(H,16,18). The van der Waals surface area contributed by atoms with Crippen molar-refractivity contribution in [1.29, 1.82) is 0 Å². The van der Waals surface area contributed by atoms with Crippen molar-refractivity contribution in [3.05, 3.63) is 0 Å². The lowest BCUT2D eigenvalue weighted by molar-refractivity contribution is -0.110. The van der Waals surface area contributed by atoms with E-state index in [1.165, 1.54) is 6.42 Å². The number of alkyl halides is 3. The van der Waals surface area contributed by atoms with Crippen LogP contribution in [0, 0.1) is 11.3 Å². The Labute approximate surface area is 124 Å². The molecule has 0 aromatic rings. The molecule has 1 saturated carbocycles. The highest BCUT2D eigenvalue weighted by Gasteiger charge is 2.38. The summed E-state index contributed by atoms with van der Waals surface area (Å²) in [6.45, 7) is 6.72. The van der Waals surface area contributed by atoms with Crippen LogP contribution in [0.15, 0.2) is 0 Å². The van der Waals surface area contributed by atoms with Crippen molar-refractivity contribution < 1.29 is 4.79 Å². The van der Waals surface area contributed by atoms with Crippen LogP contribution in [0.3, 0.4) is 0 Å². The van der Waals surface area contributed by atoms with E-state index in [1.807, 2.05) is 0 Å². The molecule has 3 nitrogen and oxygen atoms in total. The fraction of sp³-hybridized carbons (Fsp3) is 0.917. The molecule has 18 heavy (non-hydrogen) atoms. The summed E-state index contributed by atoms with van der Waals surface area (Å²) in [5.74, 6) is 0.624. The molecule has 1 fully saturated rings. The van der Waals surface area contributed by atoms with Gasteiger partial charge < -0.3 is 5.32 Å². The molecule has 1 aliphatic carbocycles. The molecule has 1 rings (SSSR count). The Bertz CT molecular complexity index is 292. The van der Waals surface area contributed by atoms with Crippen molar-refractivity contribution in [2.45, 2.75) is 56.0 Å². The third kappa shape index (κ3) is 5.12. The zero-order valence-electron chi connectivity index (χ0n) is 11.0. The maximum Gasteiger partial charge on any atom is 0.223 e. The molecule has 1 aliphatic rings. The topological polar surface area (TPSA) is 41.1 Å². The quantitative estimate of drug-likeness (QED) is 0.475. The van der Waals surface area contributed by atoms with Crippen LogP contribution in [0.1, 0.15) is 40.0 Å². The summed E-state index contributed by atoms with van der Waals surface area (Å²) >= 11 is 17.6. The first-order valence-electron chi connectivity index (χ1n) is 6.16. The molecule has 1 amide bonds. The Balaban J connectivity index is 2.66. The second kappa shape index (κ2) is 6.17. The zero-order chi connectivity index (χ0) is 14.0. The first kappa shape index (κ1) is 16.4. The van der Waals surface area contributed by atoms with E-state index < -0.39 is 9.96 Å². The summed E-state index contributed by atoms with van der Waals surface area (Å²) in [4.78, 5) is 10.6. The van der Waals surface area contributed by atoms with Crippen LogP contribution in [-0.2, 0) is 4.79 Å². The monoisotopic (exact) mass is 314 g/mol. The zero-order valence-corrected chi connectivity index (χ0v) is 13.2. The first-order valence-corrected chi connectivity index (χ1v) is 7.30. The number of hydrogen-bond acceptors (Lipinski definition) is 2. The van der Waals surface area contributed by atoms with Gasteiger partial charge in [-0.05, 0) is 30.6 Å². The number of hydrogen-bond donors (Lipinski definition) is 2. The van der Waals surface area contributed by atoms with Crippen LogP contribution in [0.2, 0.25) is 0 Å². The third-order valence-corrected chi connectivity index (χ3v) is 4.01. The van der Waals surface area contributed by atoms with Crippen LogP contribution >= 0.6 is 34.8 Å². The molecule has 0 spiro atoms. The molecular formula is C12H21Cl3N2O. The summed E-state index contributed by atoms with van der Waals surface area (Å²) in [7, 11) is 0. The summed E-state index contributed by atoms with van der Waals surface area (Å²) in [6.07, 6.45) is 3.13. The molecule has 3 atom stereocenters. The smallest absolute Gasteiger partial charge is 0.223 e. The molecule has 0 bridgehead atoms. The van der Waals surface area contributed by atoms with E-state index in [1.54, 1.807) is 0 Å². The van der Waals surface area contributed by atoms with E-state index in [9.17, 15) is 4.79 Å². The Kier molecular flexibility index (Phi) is 5.60. The number of carbonyl (C=O) groups excluding carboxylic acids is 1. The lowest BCUT2D eigenvalue weighted by Crippen LogP contribution is -2.56. The average Bonchev–Trinajstić information content (AvgIpc) is 2.12. The van der Waals surface area contributed by atoms with E-state index in [0.29, 0.717) is 12.3 Å². The average molecular weight is 316 g/mol. The lowest BCUT2D eigenvalue weighted by Gasteiger charge is -2.41. The second-order valence-electron chi connectivity index (χ2n) is 6.04. The molecule has 3 unspecified atom stereocenters. The first-order chi connectivity index (χ1) is 8.14. The van der Waals surface area contributed by atoms with Crippen LogP contribution < -0.4 is 10.6 Å². The van der Waals surface area contributed by atoms with Crippen molar-refractivity contribution in [2.75, 3.05) is 0 Å². The predicted octanol–water partition coefficient (Wildman–Crippen LogP) is 3.23. The maximum atomic E-state index is 10.6. The van der Waals surface area contributed by atoms with Crippen molar-refractivity contribution >= 4 is 41.2 Å². The molecule has 0 saturated heterocycles. The highest BCUT2D eigenvalue weighted by Crippen LogP contribution is 2.39. The van der Waals surface area contributed by atoms with Gasteiger partial charge in [0.25, 0.3) is 0 Å². The van der Waals surface area contributed by atoms with E-state index in [0.717, 1.165) is 12.8 Å². The van der Waals surface area contributed by atoms with Gasteiger partial charge in [-0.25, -0.2) is 0 Å². The Morgan fingerprint density at radius 2 is 1.94 bits per heavy atom. The van der Waals surface area contributed by atoms with E-state index in [2.05, 4.69) is 31.4 Å². The van der Waals surface area contributed by atoms with Gasteiger partial charge in [-0.15, -0.1) is 0 Å². The van der Waals surface area contributed by atoms with Crippen molar-refractivity contribution in [3.8, 4) is 0 Å². The molecule has 0 aliphatic heterocycles. The molecule has 0 aromatic carbocycles. The highest BCUT2D eigenvalue weighted by atomic mass is 35.6. The molecule has 0 radical (unpaired) electrons. The van der Waals surface area contributed by atoms with Gasteiger partial charge in [0.1, 0.15) is 6.17 Å². The third-order valence-electron chi connectivity index (χ3n) is 3.35. The summed E-state index contributed by atoms with van der Waals surface area (Å²) in [6, 6.07) is 0.247. The fourth-order valence-corrected chi connectivity index (χ4v) is 3.39. The van der Waals surface area contributed by atoms with Gasteiger partial charge >= 0.3 is 0 Å². The predicted molar refractivity (Wildman–Crippen MR) is 77.0 cm³/mol. The number of nitrogens with one attached hydrogen (secondary N) is 2. The van der Waals surface area contributed by atoms with Crippen LogP contribution in [0.25, 0.3) is 0 Å². The van der Waals surface area contributed by atoms with Gasteiger partial charge in [-0.1, -0.05) is 55.6 Å². The maximum absolute atomic E-state index is 10.6. The molecule has 0 heterocycles. The van der Waals surface area contributed by atoms with Gasteiger partial charge in [-0.2, -0.15) is 0 Å². The minimum Gasteiger partial charge on any atom is -0.339 e. The van der Waals surface area contributed by atoms with Crippen molar-refractivity contribution in [1.82, 2.24) is 10.6 Å². The highest BCUT2D eigenvalue weighted by molar-refractivity contribution is 6.68. The largest absolute Gasteiger partial charge is 0.339 e. The fourth-order valence-electron chi connectivity index (χ4n) is 3.01. The summed E-state index contributed by atoms with van der Waals surface area (Å²) in [5, 5.41) is 5.77. The molecular weight excluding hydrogens is 295 g/mol. The second-order valence-corrected chi connectivity index (χ2v) is 8.41. The SMILES string of the molecule is CC1CC(NC(NC=O)C(Cl)(Cl)Cl)CC(C)(C)C1. The van der Waals surface area contributed by atoms with Gasteiger partial charge in [-0.3, -0.25) is 10.1 Å². The normalized spacial score (nSPS) is 29.7. The number of amides is 1. The van der Waals surface area contributed by atoms with Gasteiger partial charge in [0.05, 0.1) is 0 Å². The minimum atomic E-state index is -1.55.